The Balaban J connectivity index is 2.16. The Bertz CT molecular complexity index is 551. The van der Waals surface area contributed by atoms with E-state index >= 15 is 0 Å². The van der Waals surface area contributed by atoms with E-state index in [0.717, 1.165) is 5.69 Å². The van der Waals surface area contributed by atoms with Crippen LogP contribution >= 0.6 is 0 Å². The van der Waals surface area contributed by atoms with Crippen molar-refractivity contribution in [3.63, 3.8) is 0 Å². The van der Waals surface area contributed by atoms with Crippen LogP contribution in [-0.4, -0.2) is 52.3 Å². The van der Waals surface area contributed by atoms with Crippen LogP contribution in [0.4, 0.5) is 11.4 Å². The molecule has 6 nitrogen and oxygen atoms in total. The van der Waals surface area contributed by atoms with E-state index in [0.29, 0.717) is 37.6 Å². The van der Waals surface area contributed by atoms with Crippen LogP contribution in [0.15, 0.2) is 18.2 Å². The van der Waals surface area contributed by atoms with Crippen LogP contribution in [0.1, 0.15) is 0 Å². The van der Waals surface area contributed by atoms with Gasteiger partial charge in [-0.25, -0.2) is 8.42 Å². The second-order valence-corrected chi connectivity index (χ2v) is 6.53. The summed E-state index contributed by atoms with van der Waals surface area (Å²) in [6, 6.07) is 5.59. The highest BCUT2D eigenvalue weighted by molar-refractivity contribution is 7.88. The van der Waals surface area contributed by atoms with E-state index in [-0.39, 0.29) is 0 Å². The number of para-hydroxylation sites is 1. The first-order chi connectivity index (χ1) is 8.93. The van der Waals surface area contributed by atoms with E-state index in [4.69, 9.17) is 10.5 Å². The molecule has 0 radical (unpaired) electrons. The molecule has 0 spiro atoms. The molecule has 1 aliphatic heterocycles. The average molecular weight is 285 g/mol. The van der Waals surface area contributed by atoms with E-state index in [1.807, 2.05) is 12.1 Å². The standard InChI is InChI=1S/C12H19N3O3S/c1-18-12-10(13)4-3-5-11(12)14-6-8-15(9-7-14)19(2,16)17/h3-5H,6-9,13H2,1-2H3. The van der Waals surface area contributed by atoms with Crippen molar-refractivity contribution in [2.24, 2.45) is 0 Å². The van der Waals surface area contributed by atoms with Crippen LogP contribution in [0.25, 0.3) is 0 Å². The zero-order chi connectivity index (χ0) is 14.0. The van der Waals surface area contributed by atoms with Crippen molar-refractivity contribution in [3.05, 3.63) is 18.2 Å². The Morgan fingerprint density at radius 2 is 1.84 bits per heavy atom. The molecule has 0 saturated carbocycles. The number of piperazine rings is 1. The number of methoxy groups -OCH3 is 1. The average Bonchev–Trinajstić information content (AvgIpc) is 2.37. The summed E-state index contributed by atoms with van der Waals surface area (Å²) in [6.07, 6.45) is 1.24. The molecule has 0 atom stereocenters. The first-order valence-corrected chi connectivity index (χ1v) is 7.91. The van der Waals surface area contributed by atoms with Crippen LogP contribution in [0.2, 0.25) is 0 Å². The Morgan fingerprint density at radius 1 is 1.21 bits per heavy atom. The van der Waals surface area contributed by atoms with E-state index < -0.39 is 10.0 Å². The van der Waals surface area contributed by atoms with Gasteiger partial charge in [0.15, 0.2) is 5.75 Å². The van der Waals surface area contributed by atoms with E-state index in [2.05, 4.69) is 4.90 Å². The Hall–Kier alpha value is -1.47. The maximum atomic E-state index is 11.5. The predicted octanol–water partition coefficient (Wildman–Crippen LogP) is 0.359. The monoisotopic (exact) mass is 285 g/mol. The highest BCUT2D eigenvalue weighted by Crippen LogP contribution is 2.34. The Labute approximate surface area is 113 Å². The minimum atomic E-state index is -3.10. The number of hydrogen-bond donors (Lipinski definition) is 1. The summed E-state index contributed by atoms with van der Waals surface area (Å²) in [4.78, 5) is 2.09. The molecule has 1 aromatic rings. The Kier molecular flexibility index (Phi) is 3.86. The minimum Gasteiger partial charge on any atom is -0.492 e. The van der Waals surface area contributed by atoms with Crippen molar-refractivity contribution in [1.29, 1.82) is 0 Å². The summed E-state index contributed by atoms with van der Waals surface area (Å²) in [5.74, 6) is 0.648. The van der Waals surface area contributed by atoms with Gasteiger partial charge in [-0.2, -0.15) is 4.31 Å². The third-order valence-corrected chi connectivity index (χ3v) is 4.58. The molecule has 1 fully saturated rings. The highest BCUT2D eigenvalue weighted by atomic mass is 32.2. The third kappa shape index (κ3) is 2.93. The maximum absolute atomic E-state index is 11.5. The lowest BCUT2D eigenvalue weighted by atomic mass is 10.2. The molecular weight excluding hydrogens is 266 g/mol. The van der Waals surface area contributed by atoms with Gasteiger partial charge in [-0.1, -0.05) is 6.07 Å². The zero-order valence-electron chi connectivity index (χ0n) is 11.2. The first kappa shape index (κ1) is 14.0. The van der Waals surface area contributed by atoms with Gasteiger partial charge in [-0.3, -0.25) is 0 Å². The number of nitrogens with two attached hydrogens (primary N) is 1. The smallest absolute Gasteiger partial charge is 0.211 e. The molecule has 0 amide bonds. The minimum absolute atomic E-state index is 0.483. The largest absolute Gasteiger partial charge is 0.492 e. The Morgan fingerprint density at radius 3 is 2.37 bits per heavy atom. The van der Waals surface area contributed by atoms with E-state index in [1.165, 1.54) is 10.6 Å². The van der Waals surface area contributed by atoms with Crippen LogP contribution in [0, 0.1) is 0 Å². The topological polar surface area (TPSA) is 75.9 Å². The van der Waals surface area contributed by atoms with Crippen molar-refractivity contribution in [2.75, 3.05) is 50.2 Å². The van der Waals surface area contributed by atoms with Gasteiger partial charge in [0.25, 0.3) is 0 Å². The molecule has 0 aromatic heterocycles. The molecule has 2 N–H and O–H groups in total. The molecular formula is C12H19N3O3S. The molecule has 19 heavy (non-hydrogen) atoms. The number of nitrogens with zero attached hydrogens (tertiary/aromatic N) is 2. The number of ether oxygens (including phenoxy) is 1. The summed E-state index contributed by atoms with van der Waals surface area (Å²) in [5, 5.41) is 0. The SMILES string of the molecule is COc1c(N)cccc1N1CCN(S(C)(=O)=O)CC1. The summed E-state index contributed by atoms with van der Waals surface area (Å²) in [6.45, 7) is 2.23. The van der Waals surface area contributed by atoms with Crippen molar-refractivity contribution in [2.45, 2.75) is 0 Å². The molecule has 1 heterocycles. The van der Waals surface area contributed by atoms with Crippen LogP contribution in [-0.2, 0) is 10.0 Å². The normalized spacial score (nSPS) is 17.5. The number of rotatable bonds is 3. The number of anilines is 2. The quantitative estimate of drug-likeness (QED) is 0.812. The number of sulfonamides is 1. The number of hydrogen-bond acceptors (Lipinski definition) is 5. The molecule has 0 aliphatic carbocycles. The summed E-state index contributed by atoms with van der Waals surface area (Å²) < 4.78 is 29.8. The maximum Gasteiger partial charge on any atom is 0.211 e. The second-order valence-electron chi connectivity index (χ2n) is 4.55. The van der Waals surface area contributed by atoms with Gasteiger partial charge < -0.3 is 15.4 Å². The van der Waals surface area contributed by atoms with Crippen molar-refractivity contribution < 1.29 is 13.2 Å². The molecule has 1 aliphatic rings. The van der Waals surface area contributed by atoms with Gasteiger partial charge in [0.2, 0.25) is 10.0 Å². The number of benzene rings is 1. The summed E-state index contributed by atoms with van der Waals surface area (Å²) in [5.41, 5.74) is 7.38. The lowest BCUT2D eigenvalue weighted by Crippen LogP contribution is -2.48. The van der Waals surface area contributed by atoms with Gasteiger partial charge in [-0.15, -0.1) is 0 Å². The molecule has 0 bridgehead atoms. The van der Waals surface area contributed by atoms with Crippen molar-refractivity contribution >= 4 is 21.4 Å². The lowest BCUT2D eigenvalue weighted by molar-refractivity contribution is 0.381. The van der Waals surface area contributed by atoms with Crippen LogP contribution in [0.5, 0.6) is 5.75 Å². The summed E-state index contributed by atoms with van der Waals surface area (Å²) >= 11 is 0. The molecule has 1 saturated heterocycles. The molecule has 106 valence electrons. The zero-order valence-corrected chi connectivity index (χ0v) is 12.0. The summed E-state index contributed by atoms with van der Waals surface area (Å²) in [7, 11) is -1.52. The van der Waals surface area contributed by atoms with Crippen molar-refractivity contribution in [1.82, 2.24) is 4.31 Å². The fraction of sp³-hybridized carbons (Fsp3) is 0.500. The van der Waals surface area contributed by atoms with Gasteiger partial charge in [0.1, 0.15) is 0 Å². The predicted molar refractivity (Wildman–Crippen MR) is 76.0 cm³/mol. The van der Waals surface area contributed by atoms with Gasteiger partial charge in [0, 0.05) is 26.2 Å². The fourth-order valence-corrected chi connectivity index (χ4v) is 3.10. The first-order valence-electron chi connectivity index (χ1n) is 6.06. The molecule has 1 aromatic carbocycles. The van der Waals surface area contributed by atoms with Crippen LogP contribution < -0.4 is 15.4 Å². The van der Waals surface area contributed by atoms with E-state index in [1.54, 1.807) is 13.2 Å². The second kappa shape index (κ2) is 5.26. The molecule has 0 unspecified atom stereocenters. The van der Waals surface area contributed by atoms with Crippen LogP contribution in [0.3, 0.4) is 0 Å². The third-order valence-electron chi connectivity index (χ3n) is 3.28. The highest BCUT2D eigenvalue weighted by Gasteiger charge is 2.25. The molecule has 7 heteroatoms. The van der Waals surface area contributed by atoms with Gasteiger partial charge >= 0.3 is 0 Å². The molecule has 2 rings (SSSR count). The van der Waals surface area contributed by atoms with Gasteiger partial charge in [-0.05, 0) is 12.1 Å². The lowest BCUT2D eigenvalue weighted by Gasteiger charge is -2.35. The van der Waals surface area contributed by atoms with E-state index in [9.17, 15) is 8.42 Å². The fourth-order valence-electron chi connectivity index (χ4n) is 2.27. The van der Waals surface area contributed by atoms with Crippen molar-refractivity contribution in [3.8, 4) is 5.75 Å². The number of nitrogen functional groups attached to an aromatic ring is 1. The van der Waals surface area contributed by atoms with Gasteiger partial charge in [0.05, 0.1) is 24.7 Å².